The van der Waals surface area contributed by atoms with Crippen LogP contribution in [0.4, 0.5) is 4.79 Å². The van der Waals surface area contributed by atoms with Crippen LogP contribution in [-0.2, 0) is 4.74 Å². The van der Waals surface area contributed by atoms with Gasteiger partial charge in [0.15, 0.2) is 0 Å². The summed E-state index contributed by atoms with van der Waals surface area (Å²) < 4.78 is 10.9. The summed E-state index contributed by atoms with van der Waals surface area (Å²) >= 11 is 6.12. The number of carbonyl (C=O) groups is 1. The van der Waals surface area contributed by atoms with Gasteiger partial charge in [0.25, 0.3) is 0 Å². The van der Waals surface area contributed by atoms with Gasteiger partial charge < -0.3 is 9.47 Å². The molecule has 2 bridgehead atoms. The Morgan fingerprint density at radius 1 is 1.29 bits per heavy atom. The molecule has 3 rings (SSSR count). The molecular weight excluding hydrogens is 326 g/mol. The number of benzene rings is 1. The van der Waals surface area contributed by atoms with Gasteiger partial charge in [-0.3, -0.25) is 4.90 Å². The Balaban J connectivity index is 1.83. The zero-order valence-electron chi connectivity index (χ0n) is 14.6. The molecule has 2 atom stereocenters. The van der Waals surface area contributed by atoms with Gasteiger partial charge in [-0.05, 0) is 63.3 Å². The van der Waals surface area contributed by atoms with Gasteiger partial charge in [-0.1, -0.05) is 23.7 Å². The van der Waals surface area contributed by atoms with Gasteiger partial charge in [-0.2, -0.15) is 0 Å². The molecule has 0 spiro atoms. The number of ether oxygens (including phenoxy) is 2. The maximum atomic E-state index is 12.5. The van der Waals surface area contributed by atoms with Crippen LogP contribution in [0, 0.1) is 0 Å². The predicted octanol–water partition coefficient (Wildman–Crippen LogP) is 4.90. The van der Waals surface area contributed by atoms with Crippen molar-refractivity contribution in [3.63, 3.8) is 0 Å². The summed E-state index contributed by atoms with van der Waals surface area (Å²) in [7, 11) is 1.62. The van der Waals surface area contributed by atoms with Crippen LogP contribution in [0.5, 0.6) is 5.75 Å². The fourth-order valence-corrected chi connectivity index (χ4v) is 3.70. The smallest absolute Gasteiger partial charge is 0.411 e. The van der Waals surface area contributed by atoms with Crippen LogP contribution in [0.3, 0.4) is 0 Å². The lowest BCUT2D eigenvalue weighted by Crippen LogP contribution is -2.45. The minimum absolute atomic E-state index is 0.107. The van der Waals surface area contributed by atoms with Gasteiger partial charge in [-0.15, -0.1) is 0 Å². The second-order valence-corrected chi connectivity index (χ2v) is 7.84. The van der Waals surface area contributed by atoms with Crippen molar-refractivity contribution in [3.05, 3.63) is 34.9 Å². The van der Waals surface area contributed by atoms with E-state index in [9.17, 15) is 4.79 Å². The molecule has 2 heterocycles. The summed E-state index contributed by atoms with van der Waals surface area (Å²) in [5.41, 5.74) is 1.89. The van der Waals surface area contributed by atoms with Crippen molar-refractivity contribution in [2.24, 2.45) is 0 Å². The van der Waals surface area contributed by atoms with E-state index in [4.69, 9.17) is 21.1 Å². The quantitative estimate of drug-likeness (QED) is 0.762. The Kier molecular flexibility index (Phi) is 4.52. The first kappa shape index (κ1) is 17.2. The zero-order chi connectivity index (χ0) is 17.5. The van der Waals surface area contributed by atoms with E-state index in [1.807, 2.05) is 43.9 Å². The molecule has 1 saturated heterocycles. The first-order valence-electron chi connectivity index (χ1n) is 8.34. The van der Waals surface area contributed by atoms with Crippen LogP contribution in [-0.4, -0.2) is 35.8 Å². The summed E-state index contributed by atoms with van der Waals surface area (Å²) in [6.45, 7) is 5.70. The molecule has 0 aliphatic carbocycles. The fraction of sp³-hybridized carbons (Fsp3) is 0.526. The molecule has 4 nitrogen and oxygen atoms in total. The first-order valence-corrected chi connectivity index (χ1v) is 8.72. The number of amides is 1. The molecule has 130 valence electrons. The Morgan fingerprint density at radius 3 is 2.67 bits per heavy atom. The molecule has 0 radical (unpaired) electrons. The van der Waals surface area contributed by atoms with Crippen LogP contribution in [0.1, 0.15) is 45.6 Å². The maximum absolute atomic E-state index is 12.5. The average Bonchev–Trinajstić information content (AvgIpc) is 2.77. The standard InChI is InChI=1S/C19H24ClNO3/c1-19(2,3)24-18(22)21-14-6-7-15(21)10-13(9-14)12-5-8-16(20)17(11-12)23-4/h5,8-9,11,14-15H,6-7,10H2,1-4H3. The van der Waals surface area contributed by atoms with Crippen molar-refractivity contribution in [2.45, 2.75) is 57.7 Å². The van der Waals surface area contributed by atoms with Crippen molar-refractivity contribution < 1.29 is 14.3 Å². The molecule has 24 heavy (non-hydrogen) atoms. The third kappa shape index (κ3) is 3.39. The lowest BCUT2D eigenvalue weighted by atomic mass is 9.95. The number of rotatable bonds is 2. The molecule has 2 aliphatic rings. The van der Waals surface area contributed by atoms with Crippen molar-refractivity contribution in [1.82, 2.24) is 4.90 Å². The summed E-state index contributed by atoms with van der Waals surface area (Å²) in [4.78, 5) is 14.4. The number of carbonyl (C=O) groups excluding carboxylic acids is 1. The minimum Gasteiger partial charge on any atom is -0.495 e. The Morgan fingerprint density at radius 2 is 2.04 bits per heavy atom. The maximum Gasteiger partial charge on any atom is 0.411 e. The molecule has 2 unspecified atom stereocenters. The molecule has 1 aromatic rings. The summed E-state index contributed by atoms with van der Waals surface area (Å²) in [5, 5.41) is 0.607. The molecule has 0 aromatic heterocycles. The van der Waals surface area contributed by atoms with Crippen LogP contribution in [0.25, 0.3) is 5.57 Å². The van der Waals surface area contributed by atoms with E-state index in [1.54, 1.807) is 7.11 Å². The normalized spacial score (nSPS) is 23.0. The van der Waals surface area contributed by atoms with E-state index in [0.29, 0.717) is 10.8 Å². The Labute approximate surface area is 148 Å². The fourth-order valence-electron chi connectivity index (χ4n) is 3.50. The Bertz CT molecular complexity index is 678. The van der Waals surface area contributed by atoms with Crippen LogP contribution in [0.15, 0.2) is 24.3 Å². The number of nitrogens with zero attached hydrogens (tertiary/aromatic N) is 1. The predicted molar refractivity (Wildman–Crippen MR) is 95.5 cm³/mol. The second kappa shape index (κ2) is 6.32. The monoisotopic (exact) mass is 349 g/mol. The summed E-state index contributed by atoms with van der Waals surface area (Å²) in [5.74, 6) is 0.678. The number of hydrogen-bond acceptors (Lipinski definition) is 3. The van der Waals surface area contributed by atoms with E-state index < -0.39 is 5.60 Å². The lowest BCUT2D eigenvalue weighted by Gasteiger charge is -2.35. The lowest BCUT2D eigenvalue weighted by molar-refractivity contribution is 0.0175. The second-order valence-electron chi connectivity index (χ2n) is 7.43. The topological polar surface area (TPSA) is 38.8 Å². The highest BCUT2D eigenvalue weighted by molar-refractivity contribution is 6.32. The third-order valence-electron chi connectivity index (χ3n) is 4.52. The molecule has 0 N–H and O–H groups in total. The molecular formula is C19H24ClNO3. The van der Waals surface area contributed by atoms with E-state index in [-0.39, 0.29) is 18.2 Å². The average molecular weight is 350 g/mol. The highest BCUT2D eigenvalue weighted by Gasteiger charge is 2.41. The molecule has 1 fully saturated rings. The highest BCUT2D eigenvalue weighted by atomic mass is 35.5. The summed E-state index contributed by atoms with van der Waals surface area (Å²) in [6, 6.07) is 6.15. The van der Waals surface area contributed by atoms with Gasteiger partial charge in [0.05, 0.1) is 18.2 Å². The Hall–Kier alpha value is -1.68. The van der Waals surface area contributed by atoms with Crippen molar-refractivity contribution >= 4 is 23.3 Å². The van der Waals surface area contributed by atoms with E-state index in [2.05, 4.69) is 6.08 Å². The third-order valence-corrected chi connectivity index (χ3v) is 4.83. The molecule has 0 saturated carbocycles. The van der Waals surface area contributed by atoms with Crippen molar-refractivity contribution in [1.29, 1.82) is 0 Å². The number of methoxy groups -OCH3 is 1. The van der Waals surface area contributed by atoms with Crippen LogP contribution < -0.4 is 4.74 Å². The van der Waals surface area contributed by atoms with Crippen molar-refractivity contribution in [2.75, 3.05) is 7.11 Å². The highest BCUT2D eigenvalue weighted by Crippen LogP contribution is 2.40. The summed E-state index contributed by atoms with van der Waals surface area (Å²) in [6.07, 6.45) is 4.81. The molecule has 1 aromatic carbocycles. The SMILES string of the molecule is COc1cc(C2=CC3CCC(C2)N3C(=O)OC(C)(C)C)ccc1Cl. The van der Waals surface area contributed by atoms with Crippen LogP contribution in [0.2, 0.25) is 5.02 Å². The van der Waals surface area contributed by atoms with Crippen molar-refractivity contribution in [3.8, 4) is 5.75 Å². The van der Waals surface area contributed by atoms with Gasteiger partial charge in [0, 0.05) is 6.04 Å². The van der Waals surface area contributed by atoms with Gasteiger partial charge in [0.2, 0.25) is 0 Å². The van der Waals surface area contributed by atoms with Crippen LogP contribution >= 0.6 is 11.6 Å². The van der Waals surface area contributed by atoms with E-state index in [1.165, 1.54) is 5.57 Å². The number of hydrogen-bond donors (Lipinski definition) is 0. The van der Waals surface area contributed by atoms with Gasteiger partial charge >= 0.3 is 6.09 Å². The van der Waals surface area contributed by atoms with E-state index in [0.717, 1.165) is 24.8 Å². The molecule has 2 aliphatic heterocycles. The minimum atomic E-state index is -0.468. The largest absolute Gasteiger partial charge is 0.495 e. The molecule has 1 amide bonds. The first-order chi connectivity index (χ1) is 11.3. The molecule has 5 heteroatoms. The zero-order valence-corrected chi connectivity index (χ0v) is 15.4. The number of halogens is 1. The van der Waals surface area contributed by atoms with Gasteiger partial charge in [-0.25, -0.2) is 4.79 Å². The number of fused-ring (bicyclic) bond motifs is 2. The van der Waals surface area contributed by atoms with Gasteiger partial charge in [0.1, 0.15) is 11.4 Å². The van der Waals surface area contributed by atoms with E-state index >= 15 is 0 Å².